The van der Waals surface area contributed by atoms with Crippen molar-refractivity contribution in [2.75, 3.05) is 11.9 Å². The summed E-state index contributed by atoms with van der Waals surface area (Å²) in [5.74, 6) is -0.762. The number of thiophene rings is 1. The monoisotopic (exact) mass is 459 g/mol. The molecule has 0 unspecified atom stereocenters. The van der Waals surface area contributed by atoms with Gasteiger partial charge in [0.25, 0.3) is 5.91 Å². The van der Waals surface area contributed by atoms with Gasteiger partial charge in [0.15, 0.2) is 12.4 Å². The number of amides is 1. The Labute approximate surface area is 194 Å². The molecule has 1 N–H and O–H groups in total. The van der Waals surface area contributed by atoms with Crippen molar-refractivity contribution < 1.29 is 19.1 Å². The molecule has 0 aliphatic rings. The number of nitrogens with one attached hydrogen (secondary N) is 1. The third-order valence-electron chi connectivity index (χ3n) is 4.76. The molecule has 2 aromatic heterocycles. The van der Waals surface area contributed by atoms with Crippen LogP contribution in [0.15, 0.2) is 84.2 Å². The summed E-state index contributed by atoms with van der Waals surface area (Å²) >= 11 is 1.33. The van der Waals surface area contributed by atoms with Crippen LogP contribution in [0.5, 0.6) is 0 Å². The quantitative estimate of drug-likeness (QED) is 0.288. The third kappa shape index (κ3) is 5.81. The molecule has 2 aromatic carbocycles. The third-order valence-corrected chi connectivity index (χ3v) is 5.67. The lowest BCUT2D eigenvalue weighted by molar-refractivity contribution is -0.147. The first-order chi connectivity index (χ1) is 16.1. The van der Waals surface area contributed by atoms with E-state index < -0.39 is 18.5 Å². The van der Waals surface area contributed by atoms with Crippen LogP contribution < -0.4 is 5.32 Å². The summed E-state index contributed by atoms with van der Waals surface area (Å²) in [6.45, 7) is -0.452. The number of Topliss-reactive ketones (excluding diaryl/α,β-unsaturated/α-hetero) is 1. The van der Waals surface area contributed by atoms with Gasteiger partial charge in [-0.25, -0.2) is 4.68 Å². The largest absolute Gasteiger partial charge is 0.456 e. The number of para-hydroxylation sites is 1. The zero-order valence-electron chi connectivity index (χ0n) is 17.6. The van der Waals surface area contributed by atoms with Gasteiger partial charge in [-0.3, -0.25) is 14.4 Å². The summed E-state index contributed by atoms with van der Waals surface area (Å²) < 4.78 is 6.68. The van der Waals surface area contributed by atoms with Crippen molar-refractivity contribution in [3.8, 4) is 16.9 Å². The summed E-state index contributed by atoms with van der Waals surface area (Å²) in [5, 5.41) is 9.20. The lowest BCUT2D eigenvalue weighted by Gasteiger charge is -2.09. The maximum Gasteiger partial charge on any atom is 0.306 e. The molecule has 0 aliphatic heterocycles. The summed E-state index contributed by atoms with van der Waals surface area (Å²) in [4.78, 5) is 37.1. The second-order valence-electron chi connectivity index (χ2n) is 7.14. The molecule has 0 aliphatic carbocycles. The average Bonchev–Trinajstić information content (AvgIpc) is 3.53. The van der Waals surface area contributed by atoms with Gasteiger partial charge >= 0.3 is 5.97 Å². The molecule has 0 saturated heterocycles. The molecule has 1 amide bonds. The predicted octanol–water partition coefficient (Wildman–Crippen LogP) is 4.75. The second-order valence-corrected chi connectivity index (χ2v) is 8.09. The van der Waals surface area contributed by atoms with E-state index in [0.29, 0.717) is 16.4 Å². The number of rotatable bonds is 9. The number of ketones is 1. The lowest BCUT2D eigenvalue weighted by atomic mass is 10.2. The van der Waals surface area contributed by atoms with Gasteiger partial charge in [0.1, 0.15) is 5.82 Å². The Balaban J connectivity index is 1.39. The molecule has 0 atom stereocenters. The first-order valence-electron chi connectivity index (χ1n) is 10.3. The highest BCUT2D eigenvalue weighted by atomic mass is 32.1. The Morgan fingerprint density at radius 3 is 2.33 bits per heavy atom. The van der Waals surface area contributed by atoms with Gasteiger partial charge in [-0.05, 0) is 23.6 Å². The fourth-order valence-electron chi connectivity index (χ4n) is 3.16. The molecule has 33 heavy (non-hydrogen) atoms. The minimum absolute atomic E-state index is 0.0438. The number of hydrogen-bond donors (Lipinski definition) is 1. The van der Waals surface area contributed by atoms with Crippen LogP contribution >= 0.6 is 11.3 Å². The highest BCUT2D eigenvalue weighted by molar-refractivity contribution is 7.12. The van der Waals surface area contributed by atoms with E-state index in [1.165, 1.54) is 11.3 Å². The van der Waals surface area contributed by atoms with Crippen molar-refractivity contribution in [2.45, 2.75) is 12.8 Å². The maximum atomic E-state index is 12.5. The molecule has 4 aromatic rings. The number of nitrogens with zero attached hydrogens (tertiary/aromatic N) is 2. The van der Waals surface area contributed by atoms with Crippen LogP contribution in [-0.4, -0.2) is 34.0 Å². The van der Waals surface area contributed by atoms with E-state index in [9.17, 15) is 14.4 Å². The van der Waals surface area contributed by atoms with Crippen molar-refractivity contribution >= 4 is 34.8 Å². The Morgan fingerprint density at radius 2 is 1.64 bits per heavy atom. The number of esters is 1. The summed E-state index contributed by atoms with van der Waals surface area (Å²) in [7, 11) is 0. The first-order valence-corrected chi connectivity index (χ1v) is 11.2. The molecule has 0 radical (unpaired) electrons. The van der Waals surface area contributed by atoms with Gasteiger partial charge < -0.3 is 10.1 Å². The molecule has 7 nitrogen and oxygen atoms in total. The molecular weight excluding hydrogens is 438 g/mol. The normalized spacial score (nSPS) is 10.5. The van der Waals surface area contributed by atoms with Crippen LogP contribution in [0.1, 0.15) is 22.5 Å². The van der Waals surface area contributed by atoms with Crippen molar-refractivity contribution in [1.82, 2.24) is 9.78 Å². The van der Waals surface area contributed by atoms with E-state index in [2.05, 4.69) is 10.4 Å². The summed E-state index contributed by atoms with van der Waals surface area (Å²) in [6, 6.07) is 24.3. The smallest absolute Gasteiger partial charge is 0.306 e. The lowest BCUT2D eigenvalue weighted by Crippen LogP contribution is -2.22. The van der Waals surface area contributed by atoms with Crippen LogP contribution in [0.25, 0.3) is 16.9 Å². The predicted molar refractivity (Wildman–Crippen MR) is 126 cm³/mol. The zero-order valence-corrected chi connectivity index (χ0v) is 18.5. The number of anilines is 1. The Morgan fingerprint density at radius 1 is 0.909 bits per heavy atom. The topological polar surface area (TPSA) is 90.3 Å². The van der Waals surface area contributed by atoms with Gasteiger partial charge in [0, 0.05) is 18.1 Å². The van der Waals surface area contributed by atoms with E-state index >= 15 is 0 Å². The van der Waals surface area contributed by atoms with E-state index in [1.807, 2.05) is 60.7 Å². The molecular formula is C25H21N3O4S. The molecule has 0 bridgehead atoms. The highest BCUT2D eigenvalue weighted by Gasteiger charge is 2.16. The fraction of sp³-hybridized carbons (Fsp3) is 0.120. The van der Waals surface area contributed by atoms with Gasteiger partial charge in [-0.15, -0.1) is 11.3 Å². The number of ether oxygens (including phenoxy) is 1. The standard InChI is InChI=1S/C25H21N3O4S/c29-21(22-12-7-15-33-22)13-14-25(31)32-17-24(30)26-23-16-20(18-8-3-1-4-9-18)27-28(23)19-10-5-2-6-11-19/h1-12,15-16H,13-14,17H2,(H,26,30). The van der Waals surface area contributed by atoms with Gasteiger partial charge in [0.05, 0.1) is 22.7 Å². The Bertz CT molecular complexity index is 1240. The molecule has 166 valence electrons. The van der Waals surface area contributed by atoms with E-state index in [4.69, 9.17) is 4.74 Å². The zero-order chi connectivity index (χ0) is 23.0. The number of aromatic nitrogens is 2. The molecule has 2 heterocycles. The average molecular weight is 460 g/mol. The molecule has 0 spiro atoms. The van der Waals surface area contributed by atoms with Gasteiger partial charge in [0.2, 0.25) is 0 Å². The minimum atomic E-state index is -0.600. The minimum Gasteiger partial charge on any atom is -0.456 e. The van der Waals surface area contributed by atoms with Crippen molar-refractivity contribution in [1.29, 1.82) is 0 Å². The van der Waals surface area contributed by atoms with Crippen molar-refractivity contribution in [3.63, 3.8) is 0 Å². The van der Waals surface area contributed by atoms with Crippen LogP contribution in [-0.2, 0) is 14.3 Å². The molecule has 0 fully saturated rings. The second kappa shape index (κ2) is 10.5. The van der Waals surface area contributed by atoms with E-state index in [0.717, 1.165) is 11.3 Å². The fourth-order valence-corrected chi connectivity index (χ4v) is 3.85. The van der Waals surface area contributed by atoms with Crippen molar-refractivity contribution in [3.05, 3.63) is 89.1 Å². The van der Waals surface area contributed by atoms with Gasteiger partial charge in [-0.2, -0.15) is 5.10 Å². The van der Waals surface area contributed by atoms with Crippen LogP contribution in [0, 0.1) is 0 Å². The number of carbonyl (C=O) groups is 3. The van der Waals surface area contributed by atoms with Crippen LogP contribution in [0.2, 0.25) is 0 Å². The van der Waals surface area contributed by atoms with Crippen LogP contribution in [0.3, 0.4) is 0 Å². The number of carbonyl (C=O) groups excluding carboxylic acids is 3. The number of hydrogen-bond acceptors (Lipinski definition) is 6. The van der Waals surface area contributed by atoms with Gasteiger partial charge in [-0.1, -0.05) is 54.6 Å². The SMILES string of the molecule is O=C(COC(=O)CCC(=O)c1cccs1)Nc1cc(-c2ccccc2)nn1-c1ccccc1. The Hall–Kier alpha value is -4.04. The van der Waals surface area contributed by atoms with Crippen LogP contribution in [0.4, 0.5) is 5.82 Å². The first kappa shape index (κ1) is 22.2. The maximum absolute atomic E-state index is 12.5. The summed E-state index contributed by atoms with van der Waals surface area (Å²) in [6.07, 6.45) is -0.0354. The summed E-state index contributed by atoms with van der Waals surface area (Å²) in [5.41, 5.74) is 2.38. The Kier molecular flexibility index (Phi) is 7.06. The molecule has 4 rings (SSSR count). The highest BCUT2D eigenvalue weighted by Crippen LogP contribution is 2.24. The van der Waals surface area contributed by atoms with Crippen molar-refractivity contribution in [2.24, 2.45) is 0 Å². The van der Waals surface area contributed by atoms with E-state index in [-0.39, 0.29) is 18.6 Å². The number of benzene rings is 2. The molecule has 8 heteroatoms. The molecule has 0 saturated carbocycles. The van der Waals surface area contributed by atoms with E-state index in [1.54, 1.807) is 28.3 Å².